The van der Waals surface area contributed by atoms with E-state index in [-0.39, 0.29) is 5.56 Å². The molecule has 1 aromatic heterocycles. The van der Waals surface area contributed by atoms with E-state index in [1.807, 2.05) is 16.4 Å². The summed E-state index contributed by atoms with van der Waals surface area (Å²) in [6.45, 7) is 3.06. The summed E-state index contributed by atoms with van der Waals surface area (Å²) < 4.78 is 1.83. The van der Waals surface area contributed by atoms with E-state index in [0.717, 1.165) is 42.4 Å². The number of thioether (sulfide) groups is 1. The maximum absolute atomic E-state index is 12.0. The summed E-state index contributed by atoms with van der Waals surface area (Å²) in [5, 5.41) is 6.63. The minimum atomic E-state index is 0.221. The maximum atomic E-state index is 12.0. The van der Waals surface area contributed by atoms with E-state index >= 15 is 0 Å². The molecular weight excluding hydrogens is 222 g/mol. The molecule has 0 amide bonds. The molecule has 0 atom stereocenters. The van der Waals surface area contributed by atoms with Crippen LogP contribution in [0.25, 0.3) is 0 Å². The lowest BCUT2D eigenvalue weighted by Crippen LogP contribution is -2.32. The summed E-state index contributed by atoms with van der Waals surface area (Å²) in [5.41, 5.74) is 2.39. The number of piperidine rings is 1. The summed E-state index contributed by atoms with van der Waals surface area (Å²) in [6.07, 6.45) is 2.37. The van der Waals surface area contributed by atoms with Crippen molar-refractivity contribution >= 4 is 11.8 Å². The van der Waals surface area contributed by atoms with Gasteiger partial charge in [-0.1, -0.05) is 0 Å². The molecule has 0 bridgehead atoms. The van der Waals surface area contributed by atoms with Crippen molar-refractivity contribution < 1.29 is 0 Å². The average Bonchev–Trinajstić information content (AvgIpc) is 2.86. The second-order valence-electron chi connectivity index (χ2n) is 4.67. The van der Waals surface area contributed by atoms with Gasteiger partial charge < -0.3 is 5.32 Å². The van der Waals surface area contributed by atoms with Crippen LogP contribution in [0, 0.1) is 5.92 Å². The lowest BCUT2D eigenvalue weighted by Gasteiger charge is -2.22. The van der Waals surface area contributed by atoms with Crippen LogP contribution in [0.2, 0.25) is 0 Å². The lowest BCUT2D eigenvalue weighted by molar-refractivity contribution is 0.317. The Balaban J connectivity index is 1.77. The Kier molecular flexibility index (Phi) is 2.81. The molecule has 88 valence electrons. The normalized spacial score (nSPS) is 21.2. The molecule has 0 radical (unpaired) electrons. The van der Waals surface area contributed by atoms with Gasteiger partial charge in [-0.25, -0.2) is 0 Å². The third-order valence-electron chi connectivity index (χ3n) is 3.53. The molecule has 5 heteroatoms. The van der Waals surface area contributed by atoms with E-state index in [1.165, 1.54) is 12.8 Å². The summed E-state index contributed by atoms with van der Waals surface area (Å²) in [5.74, 6) is 2.53. The van der Waals surface area contributed by atoms with Crippen molar-refractivity contribution in [2.45, 2.75) is 30.9 Å². The highest BCUT2D eigenvalue weighted by Crippen LogP contribution is 2.26. The lowest BCUT2D eigenvalue weighted by atomic mass is 9.98. The van der Waals surface area contributed by atoms with Gasteiger partial charge in [0.1, 0.15) is 0 Å². The Morgan fingerprint density at radius 1 is 1.31 bits per heavy atom. The molecule has 1 fully saturated rings. The van der Waals surface area contributed by atoms with Crippen molar-refractivity contribution in [2.75, 3.05) is 13.1 Å². The molecule has 3 rings (SSSR count). The van der Waals surface area contributed by atoms with Crippen molar-refractivity contribution in [3.05, 3.63) is 21.6 Å². The van der Waals surface area contributed by atoms with Crippen LogP contribution in [0.15, 0.2) is 4.79 Å². The fourth-order valence-corrected chi connectivity index (χ4v) is 3.59. The Bertz CT molecular complexity index is 431. The highest BCUT2D eigenvalue weighted by molar-refractivity contribution is 7.98. The van der Waals surface area contributed by atoms with E-state index in [4.69, 9.17) is 0 Å². The molecule has 0 spiro atoms. The van der Waals surface area contributed by atoms with Crippen LogP contribution in [-0.4, -0.2) is 22.9 Å². The van der Waals surface area contributed by atoms with Gasteiger partial charge in [-0.3, -0.25) is 14.6 Å². The minimum absolute atomic E-state index is 0.221. The average molecular weight is 239 g/mol. The minimum Gasteiger partial charge on any atom is -0.317 e. The first-order chi connectivity index (χ1) is 7.84. The Morgan fingerprint density at radius 3 is 2.88 bits per heavy atom. The number of H-pyrrole nitrogens is 1. The summed E-state index contributed by atoms with van der Waals surface area (Å²) in [4.78, 5) is 12.0. The molecule has 3 heterocycles. The van der Waals surface area contributed by atoms with Crippen molar-refractivity contribution in [2.24, 2.45) is 5.92 Å². The zero-order chi connectivity index (χ0) is 11.0. The molecule has 2 aliphatic heterocycles. The van der Waals surface area contributed by atoms with Gasteiger partial charge in [-0.2, -0.15) is 11.8 Å². The molecule has 0 saturated carbocycles. The number of aromatic nitrogens is 2. The molecule has 1 aromatic rings. The molecule has 2 N–H and O–H groups in total. The van der Waals surface area contributed by atoms with E-state index in [2.05, 4.69) is 10.4 Å². The first kappa shape index (κ1) is 10.5. The predicted molar refractivity (Wildman–Crippen MR) is 65.6 cm³/mol. The van der Waals surface area contributed by atoms with Crippen LogP contribution in [0.1, 0.15) is 24.1 Å². The van der Waals surface area contributed by atoms with Gasteiger partial charge in [-0.15, -0.1) is 0 Å². The van der Waals surface area contributed by atoms with Crippen molar-refractivity contribution in [3.63, 3.8) is 0 Å². The number of hydrogen-bond acceptors (Lipinski definition) is 3. The topological polar surface area (TPSA) is 49.8 Å². The SMILES string of the molecule is O=c1c2c([nH]n1CC1CCNCC1)CSC2. The highest BCUT2D eigenvalue weighted by Gasteiger charge is 2.21. The van der Waals surface area contributed by atoms with Crippen LogP contribution >= 0.6 is 11.8 Å². The van der Waals surface area contributed by atoms with Gasteiger partial charge in [-0.05, 0) is 31.8 Å². The number of aromatic amines is 1. The van der Waals surface area contributed by atoms with Crippen molar-refractivity contribution in [1.29, 1.82) is 0 Å². The number of rotatable bonds is 2. The molecule has 0 aromatic carbocycles. The predicted octanol–water partition coefficient (Wildman–Crippen LogP) is 0.923. The fourth-order valence-electron chi connectivity index (χ4n) is 2.55. The number of hydrogen-bond donors (Lipinski definition) is 2. The van der Waals surface area contributed by atoms with E-state index in [1.54, 1.807) is 0 Å². The van der Waals surface area contributed by atoms with Gasteiger partial charge in [0.05, 0.1) is 11.3 Å². The van der Waals surface area contributed by atoms with Gasteiger partial charge in [0.15, 0.2) is 0 Å². The molecule has 4 nitrogen and oxygen atoms in total. The number of fused-ring (bicyclic) bond motifs is 1. The van der Waals surface area contributed by atoms with Gasteiger partial charge in [0, 0.05) is 18.1 Å². The van der Waals surface area contributed by atoms with Gasteiger partial charge in [0.25, 0.3) is 5.56 Å². The van der Waals surface area contributed by atoms with Crippen LogP contribution in [0.5, 0.6) is 0 Å². The third kappa shape index (κ3) is 1.82. The Morgan fingerprint density at radius 2 is 2.12 bits per heavy atom. The Labute approximate surface area is 98.8 Å². The van der Waals surface area contributed by atoms with Crippen LogP contribution in [0.4, 0.5) is 0 Å². The number of nitrogens with zero attached hydrogens (tertiary/aromatic N) is 1. The zero-order valence-corrected chi connectivity index (χ0v) is 10.1. The van der Waals surface area contributed by atoms with Crippen molar-refractivity contribution in [3.8, 4) is 0 Å². The van der Waals surface area contributed by atoms with Gasteiger partial charge >= 0.3 is 0 Å². The van der Waals surface area contributed by atoms with E-state index < -0.39 is 0 Å². The fraction of sp³-hybridized carbons (Fsp3) is 0.727. The maximum Gasteiger partial charge on any atom is 0.270 e. The Hall–Kier alpha value is -0.680. The third-order valence-corrected chi connectivity index (χ3v) is 4.52. The second kappa shape index (κ2) is 4.30. The zero-order valence-electron chi connectivity index (χ0n) is 9.29. The quantitative estimate of drug-likeness (QED) is 0.807. The largest absolute Gasteiger partial charge is 0.317 e. The molecular formula is C11H17N3OS. The van der Waals surface area contributed by atoms with Crippen LogP contribution < -0.4 is 10.9 Å². The molecule has 0 aliphatic carbocycles. The first-order valence-electron chi connectivity index (χ1n) is 5.93. The standard InChI is InChI=1S/C11H17N3OS/c15-11-9-6-16-7-10(9)13-14(11)5-8-1-3-12-4-2-8/h8,12-13H,1-7H2. The molecule has 1 saturated heterocycles. The van der Waals surface area contributed by atoms with E-state index in [0.29, 0.717) is 5.92 Å². The summed E-state index contributed by atoms with van der Waals surface area (Å²) in [7, 11) is 0. The van der Waals surface area contributed by atoms with Crippen molar-refractivity contribution in [1.82, 2.24) is 15.1 Å². The monoisotopic (exact) mass is 239 g/mol. The summed E-state index contributed by atoms with van der Waals surface area (Å²) >= 11 is 1.82. The highest BCUT2D eigenvalue weighted by atomic mass is 32.2. The van der Waals surface area contributed by atoms with E-state index in [9.17, 15) is 4.79 Å². The molecule has 0 unspecified atom stereocenters. The first-order valence-corrected chi connectivity index (χ1v) is 7.09. The molecule has 2 aliphatic rings. The number of nitrogens with one attached hydrogen (secondary N) is 2. The van der Waals surface area contributed by atoms with Crippen LogP contribution in [0.3, 0.4) is 0 Å². The molecule has 16 heavy (non-hydrogen) atoms. The second-order valence-corrected chi connectivity index (χ2v) is 5.66. The summed E-state index contributed by atoms with van der Waals surface area (Å²) in [6, 6.07) is 0. The van der Waals surface area contributed by atoms with Gasteiger partial charge in [0.2, 0.25) is 0 Å². The van der Waals surface area contributed by atoms with Crippen LogP contribution in [-0.2, 0) is 18.1 Å². The smallest absolute Gasteiger partial charge is 0.270 e.